The summed E-state index contributed by atoms with van der Waals surface area (Å²) in [7, 11) is -1.63. The summed E-state index contributed by atoms with van der Waals surface area (Å²) < 4.78 is 38.4. The van der Waals surface area contributed by atoms with Crippen molar-refractivity contribution in [1.82, 2.24) is 4.90 Å². The molecular formula is C19H21NO8S. The van der Waals surface area contributed by atoms with Gasteiger partial charge in [-0.15, -0.1) is 0 Å². The van der Waals surface area contributed by atoms with Gasteiger partial charge >= 0.3 is 11.6 Å². The van der Waals surface area contributed by atoms with Gasteiger partial charge in [0.05, 0.1) is 11.5 Å². The summed E-state index contributed by atoms with van der Waals surface area (Å²) in [5.41, 5.74) is 0.619. The van der Waals surface area contributed by atoms with E-state index in [-0.39, 0.29) is 11.5 Å². The van der Waals surface area contributed by atoms with Crippen LogP contribution in [0.3, 0.4) is 0 Å². The van der Waals surface area contributed by atoms with E-state index in [1.807, 2.05) is 0 Å². The molecule has 1 amide bonds. The molecule has 0 radical (unpaired) electrons. The molecule has 0 aliphatic carbocycles. The number of fused-ring (bicyclic) bond motifs is 1. The van der Waals surface area contributed by atoms with Gasteiger partial charge in [-0.05, 0) is 31.0 Å². The average molecular weight is 423 g/mol. The number of aryl methyl sites for hydroxylation is 1. The molecular weight excluding hydrogens is 402 g/mol. The number of carbonyl (C=O) groups is 2. The number of carbonyl (C=O) groups excluding carboxylic acids is 2. The third-order valence-electron chi connectivity index (χ3n) is 4.79. The van der Waals surface area contributed by atoms with Crippen LogP contribution in [0, 0.1) is 6.92 Å². The predicted octanol–water partition coefficient (Wildman–Crippen LogP) is 0.669. The lowest BCUT2D eigenvalue weighted by Crippen LogP contribution is -2.40. The molecule has 1 aliphatic rings. The molecule has 1 aliphatic heterocycles. The molecule has 29 heavy (non-hydrogen) atoms. The van der Waals surface area contributed by atoms with Crippen molar-refractivity contribution in [3.63, 3.8) is 0 Å². The molecule has 1 aromatic heterocycles. The minimum Gasteiger partial charge on any atom is -0.482 e. The molecule has 0 bridgehead atoms. The van der Waals surface area contributed by atoms with Crippen LogP contribution in [-0.4, -0.2) is 63.0 Å². The molecule has 2 aromatic rings. The molecule has 1 aromatic carbocycles. The van der Waals surface area contributed by atoms with E-state index in [1.54, 1.807) is 19.1 Å². The van der Waals surface area contributed by atoms with Crippen LogP contribution in [0.4, 0.5) is 0 Å². The molecule has 0 spiro atoms. The van der Waals surface area contributed by atoms with Gasteiger partial charge in [-0.2, -0.15) is 0 Å². The van der Waals surface area contributed by atoms with Gasteiger partial charge in [0.25, 0.3) is 5.91 Å². The number of ether oxygens (including phenoxy) is 2. The highest BCUT2D eigenvalue weighted by Gasteiger charge is 2.32. The summed E-state index contributed by atoms with van der Waals surface area (Å²) in [4.78, 5) is 36.7. The van der Waals surface area contributed by atoms with Crippen molar-refractivity contribution in [2.24, 2.45) is 0 Å². The quantitative estimate of drug-likeness (QED) is 0.491. The summed E-state index contributed by atoms with van der Waals surface area (Å²) in [5.74, 6) is -0.958. The second-order valence-corrected chi connectivity index (χ2v) is 9.15. The maximum atomic E-state index is 12.1. The zero-order chi connectivity index (χ0) is 21.2. The number of nitrogens with zero attached hydrogens (tertiary/aromatic N) is 1. The molecule has 10 heteroatoms. The highest BCUT2D eigenvalue weighted by atomic mass is 32.2. The van der Waals surface area contributed by atoms with Crippen LogP contribution >= 0.6 is 0 Å². The number of esters is 1. The Bertz CT molecular complexity index is 1100. The van der Waals surface area contributed by atoms with Crippen LogP contribution < -0.4 is 10.4 Å². The number of hydrogen-bond donors (Lipinski definition) is 0. The van der Waals surface area contributed by atoms with E-state index >= 15 is 0 Å². The number of benzene rings is 1. The monoisotopic (exact) mass is 423 g/mol. The Morgan fingerprint density at radius 3 is 2.69 bits per heavy atom. The fraction of sp³-hybridized carbons (Fsp3) is 0.421. The molecule has 3 rings (SSSR count). The van der Waals surface area contributed by atoms with Gasteiger partial charge < -0.3 is 18.8 Å². The first-order valence-corrected chi connectivity index (χ1v) is 10.8. The molecule has 9 nitrogen and oxygen atoms in total. The van der Waals surface area contributed by atoms with Gasteiger partial charge in [-0.3, -0.25) is 4.79 Å². The van der Waals surface area contributed by atoms with Crippen LogP contribution in [0.15, 0.2) is 33.5 Å². The van der Waals surface area contributed by atoms with Crippen molar-refractivity contribution in [3.8, 4) is 5.75 Å². The highest BCUT2D eigenvalue weighted by molar-refractivity contribution is 7.91. The molecule has 0 unspecified atom stereocenters. The first-order chi connectivity index (χ1) is 13.6. The van der Waals surface area contributed by atoms with Crippen molar-refractivity contribution in [1.29, 1.82) is 0 Å². The number of sulfone groups is 1. The molecule has 2 heterocycles. The molecule has 156 valence electrons. The third-order valence-corrected chi connectivity index (χ3v) is 6.54. The molecule has 1 fully saturated rings. The van der Waals surface area contributed by atoms with E-state index in [4.69, 9.17) is 13.9 Å². The number of hydrogen-bond acceptors (Lipinski definition) is 8. The van der Waals surface area contributed by atoms with Crippen molar-refractivity contribution in [2.75, 3.05) is 31.8 Å². The topological polar surface area (TPSA) is 120 Å². The second-order valence-electron chi connectivity index (χ2n) is 6.92. The Labute approximate surface area is 167 Å². The fourth-order valence-corrected chi connectivity index (χ4v) is 4.88. The maximum Gasteiger partial charge on any atom is 0.344 e. The van der Waals surface area contributed by atoms with Gasteiger partial charge in [-0.1, -0.05) is 0 Å². The van der Waals surface area contributed by atoms with E-state index in [0.717, 1.165) is 10.9 Å². The van der Waals surface area contributed by atoms with Crippen LogP contribution in [0.25, 0.3) is 11.0 Å². The average Bonchev–Trinajstić information content (AvgIpc) is 3.03. The summed E-state index contributed by atoms with van der Waals surface area (Å²) >= 11 is 0. The van der Waals surface area contributed by atoms with Crippen molar-refractivity contribution >= 4 is 32.7 Å². The van der Waals surface area contributed by atoms with Gasteiger partial charge in [0.15, 0.2) is 23.1 Å². The lowest BCUT2D eigenvalue weighted by Gasteiger charge is -2.23. The minimum absolute atomic E-state index is 0.0499. The smallest absolute Gasteiger partial charge is 0.344 e. The Morgan fingerprint density at radius 2 is 2.00 bits per heavy atom. The molecule has 1 atom stereocenters. The predicted molar refractivity (Wildman–Crippen MR) is 104 cm³/mol. The van der Waals surface area contributed by atoms with Gasteiger partial charge in [0.2, 0.25) is 0 Å². The standard InChI is InChI=1S/C19H21NO8S/c1-12-7-18(22)28-16-8-14(3-4-15(12)16)26-10-19(23)27-9-17(21)20(2)13-5-6-29(24,25)11-13/h3-4,7-8,13H,5-6,9-11H2,1-2H3/t13-/m0/s1. The Morgan fingerprint density at radius 1 is 1.24 bits per heavy atom. The van der Waals surface area contributed by atoms with Crippen LogP contribution in [0.5, 0.6) is 5.75 Å². The SMILES string of the molecule is Cc1cc(=O)oc2cc(OCC(=O)OCC(=O)N(C)[C@H]3CCS(=O)(=O)C3)ccc12. The summed E-state index contributed by atoms with van der Waals surface area (Å²) in [6, 6.07) is 5.81. The third kappa shape index (κ3) is 5.14. The van der Waals surface area contributed by atoms with E-state index < -0.39 is 46.6 Å². The van der Waals surface area contributed by atoms with E-state index in [9.17, 15) is 22.8 Å². The molecule has 0 N–H and O–H groups in total. The van der Waals surface area contributed by atoms with E-state index in [2.05, 4.69) is 0 Å². The lowest BCUT2D eigenvalue weighted by atomic mass is 10.1. The van der Waals surface area contributed by atoms with E-state index in [0.29, 0.717) is 17.8 Å². The first kappa shape index (κ1) is 20.8. The summed E-state index contributed by atoms with van der Waals surface area (Å²) in [5, 5.41) is 0.752. The Hall–Kier alpha value is -2.88. The van der Waals surface area contributed by atoms with Crippen LogP contribution in [0.2, 0.25) is 0 Å². The summed E-state index contributed by atoms with van der Waals surface area (Å²) in [6.45, 7) is 0.851. The Kier molecular flexibility index (Phi) is 5.92. The van der Waals surface area contributed by atoms with E-state index in [1.165, 1.54) is 24.1 Å². The Balaban J connectivity index is 1.50. The fourth-order valence-electron chi connectivity index (χ4n) is 3.11. The normalized spacial score (nSPS) is 17.8. The number of likely N-dealkylation sites (N-methyl/N-ethyl adjacent to an activating group) is 1. The largest absolute Gasteiger partial charge is 0.482 e. The van der Waals surface area contributed by atoms with Gasteiger partial charge in [-0.25, -0.2) is 18.0 Å². The molecule has 1 saturated heterocycles. The van der Waals surface area contributed by atoms with Crippen molar-refractivity contribution < 1.29 is 31.9 Å². The van der Waals surface area contributed by atoms with Gasteiger partial charge in [0, 0.05) is 30.6 Å². The summed E-state index contributed by atoms with van der Waals surface area (Å²) in [6.07, 6.45) is 0.374. The lowest BCUT2D eigenvalue weighted by molar-refractivity contribution is -0.153. The zero-order valence-electron chi connectivity index (χ0n) is 16.0. The van der Waals surface area contributed by atoms with Crippen molar-refractivity contribution in [2.45, 2.75) is 19.4 Å². The second kappa shape index (κ2) is 8.24. The van der Waals surface area contributed by atoms with Gasteiger partial charge in [0.1, 0.15) is 11.3 Å². The van der Waals surface area contributed by atoms with Crippen LogP contribution in [0.1, 0.15) is 12.0 Å². The van der Waals surface area contributed by atoms with Crippen LogP contribution in [-0.2, 0) is 24.2 Å². The number of amides is 1. The molecule has 0 saturated carbocycles. The maximum absolute atomic E-state index is 12.1. The minimum atomic E-state index is -3.11. The number of rotatable bonds is 6. The zero-order valence-corrected chi connectivity index (χ0v) is 16.9. The first-order valence-electron chi connectivity index (χ1n) is 8.93. The highest BCUT2D eigenvalue weighted by Crippen LogP contribution is 2.22. The van der Waals surface area contributed by atoms with Crippen molar-refractivity contribution in [3.05, 3.63) is 40.2 Å².